The monoisotopic (exact) mass is 397 g/mol. The van der Waals surface area contributed by atoms with E-state index in [2.05, 4.69) is 15.3 Å². The number of ether oxygens (including phenoxy) is 1. The summed E-state index contributed by atoms with van der Waals surface area (Å²) in [5.74, 6) is -1.17. The molecular weight excluding hydrogens is 378 g/mol. The van der Waals surface area contributed by atoms with Crippen molar-refractivity contribution >= 4 is 28.6 Å². The van der Waals surface area contributed by atoms with Gasteiger partial charge in [-0.15, -0.1) is 0 Å². The molecule has 0 radical (unpaired) electrons. The molecule has 6 heteroatoms. The summed E-state index contributed by atoms with van der Waals surface area (Å²) in [4.78, 5) is 34.3. The van der Waals surface area contributed by atoms with Gasteiger partial charge in [0.15, 0.2) is 5.69 Å². The van der Waals surface area contributed by atoms with E-state index in [0.29, 0.717) is 22.3 Å². The minimum atomic E-state index is -1.13. The number of esters is 1. The number of aromatic nitrogens is 2. The number of para-hydroxylation sites is 2. The maximum absolute atomic E-state index is 13.0. The van der Waals surface area contributed by atoms with Crippen molar-refractivity contribution in [2.75, 3.05) is 5.32 Å². The molecule has 3 aromatic carbocycles. The third-order valence-electron chi connectivity index (χ3n) is 4.54. The highest BCUT2D eigenvalue weighted by molar-refractivity contribution is 5.98. The van der Waals surface area contributed by atoms with Gasteiger partial charge in [0.2, 0.25) is 6.10 Å². The van der Waals surface area contributed by atoms with Crippen molar-refractivity contribution in [3.05, 3.63) is 102 Å². The van der Waals surface area contributed by atoms with Crippen molar-refractivity contribution < 1.29 is 14.3 Å². The Morgan fingerprint density at radius 3 is 2.27 bits per heavy atom. The minimum absolute atomic E-state index is 0.0396. The maximum atomic E-state index is 13.0. The van der Waals surface area contributed by atoms with Crippen molar-refractivity contribution in [2.24, 2.45) is 0 Å². The fourth-order valence-corrected chi connectivity index (χ4v) is 2.97. The van der Waals surface area contributed by atoms with Gasteiger partial charge < -0.3 is 10.1 Å². The van der Waals surface area contributed by atoms with E-state index in [1.54, 1.807) is 48.5 Å². The van der Waals surface area contributed by atoms with Gasteiger partial charge >= 0.3 is 5.97 Å². The van der Waals surface area contributed by atoms with Crippen LogP contribution in [0.1, 0.15) is 27.7 Å². The second kappa shape index (κ2) is 8.53. The van der Waals surface area contributed by atoms with E-state index in [9.17, 15) is 9.59 Å². The normalized spacial score (nSPS) is 11.6. The zero-order chi connectivity index (χ0) is 20.9. The number of amides is 1. The lowest BCUT2D eigenvalue weighted by atomic mass is 10.1. The summed E-state index contributed by atoms with van der Waals surface area (Å²) in [6.07, 6.45) is 0.221. The Kier molecular flexibility index (Phi) is 5.48. The van der Waals surface area contributed by atoms with Crippen molar-refractivity contribution in [1.29, 1.82) is 0 Å². The molecule has 0 bridgehead atoms. The number of benzene rings is 3. The predicted octanol–water partition coefficient (Wildman–Crippen LogP) is 4.48. The number of hydrogen-bond acceptors (Lipinski definition) is 5. The number of hydrogen-bond donors (Lipinski definition) is 1. The maximum Gasteiger partial charge on any atom is 0.359 e. The molecule has 148 valence electrons. The van der Waals surface area contributed by atoms with E-state index < -0.39 is 18.0 Å². The molecule has 0 spiro atoms. The molecule has 0 aliphatic rings. The lowest BCUT2D eigenvalue weighted by molar-refractivity contribution is -0.125. The summed E-state index contributed by atoms with van der Waals surface area (Å²) in [6, 6.07) is 23.5. The van der Waals surface area contributed by atoms with Crippen LogP contribution in [0, 0.1) is 6.92 Å². The largest absolute Gasteiger partial charge is 0.443 e. The molecule has 0 fully saturated rings. The molecule has 1 atom stereocenters. The average molecular weight is 397 g/mol. The smallest absolute Gasteiger partial charge is 0.359 e. The Morgan fingerprint density at radius 1 is 0.867 bits per heavy atom. The highest BCUT2D eigenvalue weighted by Gasteiger charge is 2.26. The van der Waals surface area contributed by atoms with E-state index in [4.69, 9.17) is 4.74 Å². The number of nitrogens with one attached hydrogen (secondary N) is 1. The lowest BCUT2D eigenvalue weighted by Gasteiger charge is -2.18. The van der Waals surface area contributed by atoms with Gasteiger partial charge in [0.1, 0.15) is 0 Å². The van der Waals surface area contributed by atoms with Crippen LogP contribution >= 0.6 is 0 Å². The van der Waals surface area contributed by atoms with Crippen molar-refractivity contribution in [1.82, 2.24) is 9.97 Å². The van der Waals surface area contributed by atoms with Crippen LogP contribution in [-0.2, 0) is 9.53 Å². The molecule has 1 aromatic heterocycles. The molecule has 1 unspecified atom stereocenters. The zero-order valence-corrected chi connectivity index (χ0v) is 16.3. The van der Waals surface area contributed by atoms with Gasteiger partial charge in [-0.2, -0.15) is 0 Å². The summed E-state index contributed by atoms with van der Waals surface area (Å²) < 4.78 is 5.58. The summed E-state index contributed by atoms with van der Waals surface area (Å²) in [7, 11) is 0. The number of carbonyl (C=O) groups excluding carboxylic acids is 2. The van der Waals surface area contributed by atoms with E-state index in [-0.39, 0.29) is 5.69 Å². The molecule has 4 rings (SSSR count). The SMILES string of the molecule is Cc1ccc(NC(=O)C(OC(=O)c2cnc3ccccc3n2)c2ccccc2)cc1. The van der Waals surface area contributed by atoms with Crippen LogP contribution in [0.3, 0.4) is 0 Å². The van der Waals surface area contributed by atoms with Gasteiger partial charge in [-0.05, 0) is 31.2 Å². The highest BCUT2D eigenvalue weighted by Crippen LogP contribution is 2.22. The predicted molar refractivity (Wildman–Crippen MR) is 114 cm³/mol. The van der Waals surface area contributed by atoms with Gasteiger partial charge in [-0.3, -0.25) is 9.78 Å². The van der Waals surface area contributed by atoms with E-state index >= 15 is 0 Å². The van der Waals surface area contributed by atoms with Crippen LogP contribution in [0.15, 0.2) is 85.1 Å². The zero-order valence-electron chi connectivity index (χ0n) is 16.3. The molecule has 0 saturated carbocycles. The van der Waals surface area contributed by atoms with E-state index in [1.807, 2.05) is 37.3 Å². The Labute approximate surface area is 173 Å². The molecule has 1 heterocycles. The Balaban J connectivity index is 1.59. The molecule has 6 nitrogen and oxygen atoms in total. The first kappa shape index (κ1) is 19.3. The van der Waals surface area contributed by atoms with Crippen LogP contribution in [-0.4, -0.2) is 21.8 Å². The Hall–Kier alpha value is -4.06. The first-order chi connectivity index (χ1) is 14.6. The highest BCUT2D eigenvalue weighted by atomic mass is 16.5. The van der Waals surface area contributed by atoms with Gasteiger partial charge in [0.05, 0.1) is 17.2 Å². The molecule has 0 aliphatic heterocycles. The standard InChI is InChI=1S/C24H19N3O3/c1-16-11-13-18(14-12-16)26-23(28)22(17-7-3-2-4-8-17)30-24(29)21-15-25-19-9-5-6-10-20(19)27-21/h2-15,22H,1H3,(H,26,28). The third-order valence-corrected chi connectivity index (χ3v) is 4.54. The Bertz CT molecular complexity index is 1190. The fraction of sp³-hybridized carbons (Fsp3) is 0.0833. The van der Waals surface area contributed by atoms with E-state index in [1.165, 1.54) is 6.20 Å². The fourth-order valence-electron chi connectivity index (χ4n) is 2.97. The lowest BCUT2D eigenvalue weighted by Crippen LogP contribution is -2.26. The molecule has 1 N–H and O–H groups in total. The number of carbonyl (C=O) groups is 2. The van der Waals surface area contributed by atoms with Crippen LogP contribution in [0.25, 0.3) is 11.0 Å². The third kappa shape index (κ3) is 4.33. The molecule has 4 aromatic rings. The topological polar surface area (TPSA) is 81.2 Å². The summed E-state index contributed by atoms with van der Waals surface area (Å²) >= 11 is 0. The summed E-state index contributed by atoms with van der Waals surface area (Å²) in [5, 5.41) is 2.80. The van der Waals surface area contributed by atoms with Crippen LogP contribution in [0.2, 0.25) is 0 Å². The molecule has 1 amide bonds. The second-order valence-corrected chi connectivity index (χ2v) is 6.80. The number of rotatable bonds is 5. The van der Waals surface area contributed by atoms with Gasteiger partial charge in [-0.25, -0.2) is 9.78 Å². The van der Waals surface area contributed by atoms with Crippen LogP contribution < -0.4 is 5.32 Å². The average Bonchev–Trinajstić information content (AvgIpc) is 2.79. The number of anilines is 1. The quantitative estimate of drug-likeness (QED) is 0.502. The van der Waals surface area contributed by atoms with Crippen LogP contribution in [0.4, 0.5) is 5.69 Å². The molecular formula is C24H19N3O3. The summed E-state index contributed by atoms with van der Waals surface area (Å²) in [6.45, 7) is 1.96. The molecule has 0 aliphatic carbocycles. The van der Waals surface area contributed by atoms with Crippen molar-refractivity contribution in [3.8, 4) is 0 Å². The van der Waals surface area contributed by atoms with Crippen molar-refractivity contribution in [2.45, 2.75) is 13.0 Å². The van der Waals surface area contributed by atoms with Crippen LogP contribution in [0.5, 0.6) is 0 Å². The Morgan fingerprint density at radius 2 is 1.53 bits per heavy atom. The first-order valence-corrected chi connectivity index (χ1v) is 9.45. The molecule has 0 saturated heterocycles. The van der Waals surface area contributed by atoms with E-state index in [0.717, 1.165) is 5.56 Å². The first-order valence-electron chi connectivity index (χ1n) is 9.45. The van der Waals surface area contributed by atoms with Gasteiger partial charge in [0.25, 0.3) is 5.91 Å². The number of fused-ring (bicyclic) bond motifs is 1. The minimum Gasteiger partial charge on any atom is -0.443 e. The molecule has 30 heavy (non-hydrogen) atoms. The van der Waals surface area contributed by atoms with Crippen molar-refractivity contribution in [3.63, 3.8) is 0 Å². The second-order valence-electron chi connectivity index (χ2n) is 6.80. The summed E-state index contributed by atoms with van der Waals surface area (Å²) in [5.41, 5.74) is 3.54. The number of nitrogens with zero attached hydrogens (tertiary/aromatic N) is 2. The van der Waals surface area contributed by atoms with Gasteiger partial charge in [-0.1, -0.05) is 60.2 Å². The number of aryl methyl sites for hydroxylation is 1. The van der Waals surface area contributed by atoms with Gasteiger partial charge in [0, 0.05) is 11.3 Å².